The maximum Gasteiger partial charge on any atom is 0.225 e. The van der Waals surface area contributed by atoms with Gasteiger partial charge in [0.05, 0.1) is 17.0 Å². The molecular weight excluding hydrogens is 456 g/mol. The van der Waals surface area contributed by atoms with Gasteiger partial charge in [-0.2, -0.15) is 0 Å². The number of fused-ring (bicyclic) bond motifs is 2. The summed E-state index contributed by atoms with van der Waals surface area (Å²) in [4.78, 5) is 24.2. The van der Waals surface area contributed by atoms with Crippen LogP contribution >= 0.6 is 11.3 Å². The Kier molecular flexibility index (Phi) is 5.66. The van der Waals surface area contributed by atoms with Crippen molar-refractivity contribution in [3.8, 4) is 5.69 Å². The fourth-order valence-corrected chi connectivity index (χ4v) is 5.52. The topological polar surface area (TPSA) is 75.9 Å². The first-order valence-electron chi connectivity index (χ1n) is 11.9. The third-order valence-corrected chi connectivity index (χ3v) is 7.57. The Morgan fingerprint density at radius 3 is 2.91 bits per heavy atom. The van der Waals surface area contributed by atoms with Gasteiger partial charge in [0, 0.05) is 30.5 Å². The minimum absolute atomic E-state index is 0.0780. The van der Waals surface area contributed by atoms with Gasteiger partial charge in [-0.1, -0.05) is 23.8 Å². The first-order chi connectivity index (χ1) is 17.1. The van der Waals surface area contributed by atoms with E-state index < -0.39 is 0 Å². The van der Waals surface area contributed by atoms with Crippen molar-refractivity contribution in [1.29, 1.82) is 0 Å². The summed E-state index contributed by atoms with van der Waals surface area (Å²) in [6, 6.07) is 16.7. The minimum Gasteiger partial charge on any atom is -0.355 e. The number of nitrogens with zero attached hydrogens (tertiary/aromatic N) is 5. The first kappa shape index (κ1) is 21.7. The van der Waals surface area contributed by atoms with Crippen LogP contribution in [-0.2, 0) is 11.3 Å². The highest BCUT2D eigenvalue weighted by molar-refractivity contribution is 7.17. The Balaban J connectivity index is 1.18. The molecule has 1 aliphatic heterocycles. The summed E-state index contributed by atoms with van der Waals surface area (Å²) in [7, 11) is 0. The number of aryl methyl sites for hydroxylation is 1. The molecule has 5 aromatic rings. The highest BCUT2D eigenvalue weighted by Gasteiger charge is 2.28. The standard InChI is InChI=1S/C27H26N6OS/c1-18-4-7-22(8-5-18)33-16-23-25(31-33)29-17-30-26(23)32-11-2-3-21(15-32)27(34)28-14-19-6-9-24-20(13-19)10-12-35-24/h4-10,12-13,16-17,21H,2-3,11,14-15H2,1H3,(H,28,34)/t21-/m0/s1. The van der Waals surface area contributed by atoms with Gasteiger partial charge >= 0.3 is 0 Å². The Morgan fingerprint density at radius 2 is 2.03 bits per heavy atom. The number of carbonyl (C=O) groups excluding carboxylic acids is 1. The molecule has 1 N–H and O–H groups in total. The van der Waals surface area contributed by atoms with Crippen LogP contribution in [0.15, 0.2) is 66.4 Å². The molecule has 1 fully saturated rings. The summed E-state index contributed by atoms with van der Waals surface area (Å²) >= 11 is 1.73. The number of anilines is 1. The molecular formula is C27H26N6OS. The molecule has 7 nitrogen and oxygen atoms in total. The summed E-state index contributed by atoms with van der Waals surface area (Å²) in [5.74, 6) is 0.861. The van der Waals surface area contributed by atoms with E-state index in [-0.39, 0.29) is 11.8 Å². The van der Waals surface area contributed by atoms with Crippen molar-refractivity contribution in [3.63, 3.8) is 0 Å². The summed E-state index contributed by atoms with van der Waals surface area (Å²) in [5, 5.41) is 12.0. The molecule has 1 aliphatic rings. The third-order valence-electron chi connectivity index (χ3n) is 6.67. The zero-order valence-corrected chi connectivity index (χ0v) is 20.3. The van der Waals surface area contributed by atoms with Crippen molar-refractivity contribution in [3.05, 3.63) is 77.6 Å². The Morgan fingerprint density at radius 1 is 1.14 bits per heavy atom. The maximum atomic E-state index is 13.1. The zero-order valence-electron chi connectivity index (χ0n) is 19.5. The van der Waals surface area contributed by atoms with Gasteiger partial charge in [-0.3, -0.25) is 4.79 Å². The Bertz CT molecular complexity index is 1510. The highest BCUT2D eigenvalue weighted by atomic mass is 32.1. The number of piperidine rings is 1. The number of benzene rings is 2. The SMILES string of the molecule is Cc1ccc(-n2cc3c(N4CCC[C@H](C(=O)NCc5ccc6sccc6c5)C4)ncnc3n2)cc1. The summed E-state index contributed by atoms with van der Waals surface area (Å²) < 4.78 is 3.12. The smallest absolute Gasteiger partial charge is 0.225 e. The molecule has 0 aliphatic carbocycles. The number of rotatable bonds is 5. The van der Waals surface area contributed by atoms with Gasteiger partial charge in [-0.15, -0.1) is 16.4 Å². The van der Waals surface area contributed by atoms with E-state index in [1.54, 1.807) is 17.7 Å². The summed E-state index contributed by atoms with van der Waals surface area (Å²) in [6.07, 6.45) is 5.37. The lowest BCUT2D eigenvalue weighted by Gasteiger charge is -2.33. The molecule has 176 valence electrons. The van der Waals surface area contributed by atoms with Crippen molar-refractivity contribution in [1.82, 2.24) is 25.1 Å². The maximum absolute atomic E-state index is 13.1. The highest BCUT2D eigenvalue weighted by Crippen LogP contribution is 2.28. The largest absolute Gasteiger partial charge is 0.355 e. The van der Waals surface area contributed by atoms with Gasteiger partial charge in [0.25, 0.3) is 0 Å². The van der Waals surface area contributed by atoms with Crippen LogP contribution in [-0.4, -0.2) is 38.7 Å². The lowest BCUT2D eigenvalue weighted by Crippen LogP contribution is -2.43. The van der Waals surface area contributed by atoms with E-state index in [0.717, 1.165) is 41.8 Å². The van der Waals surface area contributed by atoms with Crippen LogP contribution in [0.2, 0.25) is 0 Å². The normalized spacial score (nSPS) is 16.1. The number of hydrogen-bond donors (Lipinski definition) is 1. The molecule has 0 unspecified atom stereocenters. The third kappa shape index (κ3) is 4.37. The quantitative estimate of drug-likeness (QED) is 0.387. The van der Waals surface area contributed by atoms with Gasteiger partial charge in [0.1, 0.15) is 12.1 Å². The van der Waals surface area contributed by atoms with Crippen molar-refractivity contribution in [2.24, 2.45) is 5.92 Å². The van der Waals surface area contributed by atoms with Crippen LogP contribution in [0.25, 0.3) is 26.8 Å². The van der Waals surface area contributed by atoms with Crippen molar-refractivity contribution in [2.75, 3.05) is 18.0 Å². The van der Waals surface area contributed by atoms with Gasteiger partial charge in [0.2, 0.25) is 5.91 Å². The second kappa shape index (κ2) is 9.11. The van der Waals surface area contributed by atoms with Gasteiger partial charge < -0.3 is 10.2 Å². The fourth-order valence-electron chi connectivity index (χ4n) is 4.75. The molecule has 0 saturated carbocycles. The van der Waals surface area contributed by atoms with Crippen LogP contribution in [0.4, 0.5) is 5.82 Å². The molecule has 1 atom stereocenters. The second-order valence-electron chi connectivity index (χ2n) is 9.14. The van der Waals surface area contributed by atoms with Crippen LogP contribution in [0.1, 0.15) is 24.0 Å². The summed E-state index contributed by atoms with van der Waals surface area (Å²) in [5.41, 5.74) is 3.97. The van der Waals surface area contributed by atoms with Gasteiger partial charge in [-0.05, 0) is 66.4 Å². The van der Waals surface area contributed by atoms with Crippen LogP contribution < -0.4 is 10.2 Å². The van der Waals surface area contributed by atoms with E-state index in [1.165, 1.54) is 15.6 Å². The number of amides is 1. The number of carbonyl (C=O) groups is 1. The molecule has 35 heavy (non-hydrogen) atoms. The molecule has 1 amide bonds. The molecule has 0 bridgehead atoms. The van der Waals surface area contributed by atoms with Crippen LogP contribution in [0.3, 0.4) is 0 Å². The van der Waals surface area contributed by atoms with E-state index in [0.29, 0.717) is 18.7 Å². The molecule has 2 aromatic carbocycles. The van der Waals surface area contributed by atoms with Crippen molar-refractivity contribution in [2.45, 2.75) is 26.3 Å². The zero-order chi connectivity index (χ0) is 23.8. The first-order valence-corrected chi connectivity index (χ1v) is 12.8. The molecule has 3 aromatic heterocycles. The predicted octanol–water partition coefficient (Wildman–Crippen LogP) is 4.87. The molecule has 8 heteroatoms. The summed E-state index contributed by atoms with van der Waals surface area (Å²) in [6.45, 7) is 4.11. The van der Waals surface area contributed by atoms with Gasteiger partial charge in [-0.25, -0.2) is 14.6 Å². The van der Waals surface area contributed by atoms with Crippen LogP contribution in [0.5, 0.6) is 0 Å². The van der Waals surface area contributed by atoms with E-state index in [4.69, 9.17) is 0 Å². The Hall–Kier alpha value is -3.78. The van der Waals surface area contributed by atoms with Crippen LogP contribution in [0, 0.1) is 12.8 Å². The van der Waals surface area contributed by atoms with E-state index in [9.17, 15) is 4.79 Å². The average Bonchev–Trinajstić information content (AvgIpc) is 3.54. The van der Waals surface area contributed by atoms with Gasteiger partial charge in [0.15, 0.2) is 5.65 Å². The number of thiophene rings is 1. The number of aromatic nitrogens is 4. The molecule has 0 radical (unpaired) electrons. The van der Waals surface area contributed by atoms with E-state index in [2.05, 4.69) is 74.0 Å². The monoisotopic (exact) mass is 482 g/mol. The number of nitrogens with one attached hydrogen (secondary N) is 1. The van der Waals surface area contributed by atoms with E-state index in [1.807, 2.05) is 23.0 Å². The van der Waals surface area contributed by atoms with Crippen molar-refractivity contribution < 1.29 is 4.79 Å². The molecule has 4 heterocycles. The van der Waals surface area contributed by atoms with E-state index >= 15 is 0 Å². The van der Waals surface area contributed by atoms with Crippen molar-refractivity contribution >= 4 is 44.2 Å². The minimum atomic E-state index is -0.0780. The molecule has 6 rings (SSSR count). The molecule has 0 spiro atoms. The predicted molar refractivity (Wildman–Crippen MR) is 140 cm³/mol. The Labute approximate surface area is 207 Å². The molecule has 1 saturated heterocycles. The number of hydrogen-bond acceptors (Lipinski definition) is 6. The lowest BCUT2D eigenvalue weighted by atomic mass is 9.97. The lowest BCUT2D eigenvalue weighted by molar-refractivity contribution is -0.125. The average molecular weight is 483 g/mol. The fraction of sp³-hybridized carbons (Fsp3) is 0.259. The second-order valence-corrected chi connectivity index (χ2v) is 10.1.